The number of aromatic nitrogens is 6. The minimum atomic E-state index is -0.686. The van der Waals surface area contributed by atoms with E-state index in [-0.39, 0.29) is 18.9 Å². The van der Waals surface area contributed by atoms with Crippen LogP contribution in [0.5, 0.6) is 0 Å². The first kappa shape index (κ1) is 22.1. The van der Waals surface area contributed by atoms with E-state index in [4.69, 9.17) is 4.74 Å². The van der Waals surface area contributed by atoms with Crippen LogP contribution in [0.25, 0.3) is 0 Å². The molecule has 13 nitrogen and oxygen atoms in total. The maximum absolute atomic E-state index is 13.1. The van der Waals surface area contributed by atoms with E-state index in [0.717, 1.165) is 5.69 Å². The van der Waals surface area contributed by atoms with Crippen LogP contribution in [0.3, 0.4) is 0 Å². The lowest BCUT2D eigenvalue weighted by Gasteiger charge is -2.29. The normalized spacial score (nSPS) is 22.4. The van der Waals surface area contributed by atoms with Crippen LogP contribution in [0.2, 0.25) is 0 Å². The van der Waals surface area contributed by atoms with Crippen LogP contribution >= 0.6 is 11.3 Å². The number of rotatable bonds is 7. The summed E-state index contributed by atoms with van der Waals surface area (Å²) < 4.78 is 5.48. The zero-order valence-electron chi connectivity index (χ0n) is 18.9. The summed E-state index contributed by atoms with van der Waals surface area (Å²) in [5.74, 6) is 2.03. The van der Waals surface area contributed by atoms with Gasteiger partial charge in [-0.25, -0.2) is 4.98 Å². The van der Waals surface area contributed by atoms with Crippen LogP contribution in [0, 0.1) is 0 Å². The maximum Gasteiger partial charge on any atom is 0.249 e. The van der Waals surface area contributed by atoms with Gasteiger partial charge >= 0.3 is 0 Å². The van der Waals surface area contributed by atoms with Crippen molar-refractivity contribution in [1.29, 1.82) is 0 Å². The van der Waals surface area contributed by atoms with E-state index in [2.05, 4.69) is 40.8 Å². The molecule has 3 fully saturated rings. The second-order valence-electron chi connectivity index (χ2n) is 8.85. The Kier molecular flexibility index (Phi) is 5.91. The number of amides is 1. The molecule has 0 unspecified atom stereocenters. The smallest absolute Gasteiger partial charge is 0.249 e. The summed E-state index contributed by atoms with van der Waals surface area (Å²) in [6.45, 7) is 2.68. The molecule has 0 radical (unpaired) electrons. The highest BCUT2D eigenvalue weighted by Crippen LogP contribution is 2.39. The van der Waals surface area contributed by atoms with Crippen LogP contribution in [0.1, 0.15) is 30.9 Å². The van der Waals surface area contributed by atoms with E-state index in [1.807, 2.05) is 11.0 Å². The SMILES string of the molecule is O=C(Nc1nccs1)[C@@H]1C[C@H](O)CN1c1nc(Nc2cc(C3CC3)[nH]n2)nc(N2CCOCC2)n1. The highest BCUT2D eigenvalue weighted by atomic mass is 32.1. The van der Waals surface area contributed by atoms with Crippen molar-refractivity contribution in [2.75, 3.05) is 53.3 Å². The number of morpholine rings is 1. The van der Waals surface area contributed by atoms with Gasteiger partial charge in [0, 0.05) is 55.3 Å². The summed E-state index contributed by atoms with van der Waals surface area (Å²) in [6.07, 6.45) is 3.54. The van der Waals surface area contributed by atoms with Gasteiger partial charge in [-0.1, -0.05) is 0 Å². The minimum Gasteiger partial charge on any atom is -0.391 e. The van der Waals surface area contributed by atoms with Crippen molar-refractivity contribution in [3.05, 3.63) is 23.3 Å². The van der Waals surface area contributed by atoms with E-state index in [0.29, 0.717) is 61.0 Å². The fraction of sp³-hybridized carbons (Fsp3) is 0.524. The van der Waals surface area contributed by atoms with Crippen LogP contribution in [-0.2, 0) is 9.53 Å². The summed E-state index contributed by atoms with van der Waals surface area (Å²) in [7, 11) is 0. The molecule has 3 aromatic heterocycles. The van der Waals surface area contributed by atoms with Crippen molar-refractivity contribution >= 4 is 46.0 Å². The first-order valence-electron chi connectivity index (χ1n) is 11.7. The number of carbonyl (C=O) groups excluding carboxylic acids is 1. The summed E-state index contributed by atoms with van der Waals surface area (Å²) in [5.41, 5.74) is 1.09. The Hall–Kier alpha value is -3.36. The van der Waals surface area contributed by atoms with Crippen molar-refractivity contribution in [3.8, 4) is 0 Å². The van der Waals surface area contributed by atoms with E-state index in [1.165, 1.54) is 24.2 Å². The fourth-order valence-corrected chi connectivity index (χ4v) is 4.85. The minimum absolute atomic E-state index is 0.232. The number of carbonyl (C=O) groups is 1. The number of nitrogens with zero attached hydrogens (tertiary/aromatic N) is 7. The van der Waals surface area contributed by atoms with Gasteiger partial charge in [-0.2, -0.15) is 20.1 Å². The van der Waals surface area contributed by atoms with Crippen molar-refractivity contribution in [3.63, 3.8) is 0 Å². The Balaban J connectivity index is 1.30. The molecule has 0 aromatic carbocycles. The average molecular weight is 499 g/mol. The number of anilines is 5. The quantitative estimate of drug-likeness (QED) is 0.369. The third-order valence-corrected chi connectivity index (χ3v) is 6.95. The van der Waals surface area contributed by atoms with E-state index < -0.39 is 12.1 Å². The standard InChI is InChI=1S/C21H26N10O3S/c32-13-9-15(17(33)24-21-22-3-8-35-21)31(11-13)20-26-18(23-16-10-14(28-29-16)12-1-2-12)25-19(27-20)30-4-6-34-7-5-30/h3,8,10,12-13,15,32H,1-2,4-7,9,11H2,(H,22,24,33)(H2,23,25,26,27,28,29)/t13-,15-/m0/s1. The van der Waals surface area contributed by atoms with Gasteiger partial charge in [0.25, 0.3) is 0 Å². The number of ether oxygens (including phenoxy) is 1. The molecule has 3 aliphatic rings. The Labute approximate surface area is 205 Å². The molecule has 3 aromatic rings. The van der Waals surface area contributed by atoms with Gasteiger partial charge in [0.05, 0.1) is 19.3 Å². The molecule has 0 bridgehead atoms. The molecule has 35 heavy (non-hydrogen) atoms. The lowest BCUT2D eigenvalue weighted by Crippen LogP contribution is -2.42. The largest absolute Gasteiger partial charge is 0.391 e. The van der Waals surface area contributed by atoms with E-state index in [9.17, 15) is 9.90 Å². The predicted molar refractivity (Wildman–Crippen MR) is 129 cm³/mol. The van der Waals surface area contributed by atoms with Gasteiger partial charge in [-0.3, -0.25) is 9.89 Å². The number of aromatic amines is 1. The van der Waals surface area contributed by atoms with E-state index in [1.54, 1.807) is 16.5 Å². The van der Waals surface area contributed by atoms with Gasteiger partial charge in [0.2, 0.25) is 23.8 Å². The molecule has 1 saturated carbocycles. The number of hydrogen-bond acceptors (Lipinski definition) is 12. The fourth-order valence-electron chi connectivity index (χ4n) is 4.32. The van der Waals surface area contributed by atoms with Crippen LogP contribution in [0.15, 0.2) is 17.6 Å². The summed E-state index contributed by atoms with van der Waals surface area (Å²) in [5, 5.41) is 26.1. The monoisotopic (exact) mass is 498 g/mol. The van der Waals surface area contributed by atoms with Gasteiger partial charge in [0.15, 0.2) is 10.9 Å². The highest BCUT2D eigenvalue weighted by molar-refractivity contribution is 7.13. The Morgan fingerprint density at radius 3 is 2.80 bits per heavy atom. The molecule has 0 spiro atoms. The zero-order chi connectivity index (χ0) is 23.8. The summed E-state index contributed by atoms with van der Waals surface area (Å²) >= 11 is 1.34. The van der Waals surface area contributed by atoms with Crippen molar-refractivity contribution in [2.24, 2.45) is 0 Å². The number of H-pyrrole nitrogens is 1. The summed E-state index contributed by atoms with van der Waals surface area (Å²) in [4.78, 5) is 34.9. The molecular weight excluding hydrogens is 472 g/mol. The van der Waals surface area contributed by atoms with Crippen molar-refractivity contribution in [2.45, 2.75) is 37.3 Å². The molecule has 2 atom stereocenters. The van der Waals surface area contributed by atoms with Gasteiger partial charge in [-0.15, -0.1) is 11.3 Å². The second kappa shape index (κ2) is 9.36. The lowest BCUT2D eigenvalue weighted by molar-refractivity contribution is -0.117. The van der Waals surface area contributed by atoms with Crippen LogP contribution < -0.4 is 20.4 Å². The van der Waals surface area contributed by atoms with Gasteiger partial charge in [0.1, 0.15) is 6.04 Å². The maximum atomic E-state index is 13.1. The molecule has 4 N–H and O–H groups in total. The molecule has 1 amide bonds. The molecular formula is C21H26N10O3S. The summed E-state index contributed by atoms with van der Waals surface area (Å²) in [6, 6.07) is 1.33. The van der Waals surface area contributed by atoms with Crippen LogP contribution in [-0.4, -0.2) is 86.1 Å². The number of nitrogens with one attached hydrogen (secondary N) is 3. The third kappa shape index (κ3) is 4.90. The zero-order valence-corrected chi connectivity index (χ0v) is 19.7. The van der Waals surface area contributed by atoms with Crippen molar-refractivity contribution in [1.82, 2.24) is 30.1 Å². The average Bonchev–Trinajstić information content (AvgIpc) is 3.21. The number of thiazole rings is 1. The molecule has 5 heterocycles. The van der Waals surface area contributed by atoms with Crippen LogP contribution in [0.4, 0.5) is 28.8 Å². The molecule has 2 saturated heterocycles. The second-order valence-corrected chi connectivity index (χ2v) is 9.74. The molecule has 1 aliphatic carbocycles. The van der Waals surface area contributed by atoms with Gasteiger partial charge in [-0.05, 0) is 12.8 Å². The first-order valence-corrected chi connectivity index (χ1v) is 12.6. The number of aliphatic hydroxyl groups is 1. The first-order chi connectivity index (χ1) is 17.1. The van der Waals surface area contributed by atoms with E-state index >= 15 is 0 Å². The highest BCUT2D eigenvalue weighted by Gasteiger charge is 2.38. The Morgan fingerprint density at radius 1 is 1.20 bits per heavy atom. The lowest BCUT2D eigenvalue weighted by atomic mass is 10.2. The molecule has 6 rings (SSSR count). The number of hydrogen-bond donors (Lipinski definition) is 4. The molecule has 2 aliphatic heterocycles. The third-order valence-electron chi connectivity index (χ3n) is 6.26. The predicted octanol–water partition coefficient (Wildman–Crippen LogP) is 1.09. The number of β-amino-alcohol motifs (C(OH)–C–C–N with tert-alkyl or cyclic N) is 1. The molecule has 184 valence electrons. The van der Waals surface area contributed by atoms with Crippen molar-refractivity contribution < 1.29 is 14.6 Å². The Bertz CT molecular complexity index is 1180. The number of aliphatic hydroxyl groups excluding tert-OH is 1. The van der Waals surface area contributed by atoms with Gasteiger partial charge < -0.3 is 30.3 Å². The Morgan fingerprint density at radius 2 is 2.03 bits per heavy atom. The molecule has 14 heteroatoms. The topological polar surface area (TPSA) is 157 Å².